The third kappa shape index (κ3) is 2.83. The Morgan fingerprint density at radius 2 is 1.36 bits per heavy atom. The van der Waals surface area contributed by atoms with E-state index in [1.54, 1.807) is 0 Å². The van der Waals surface area contributed by atoms with Crippen LogP contribution in [0.3, 0.4) is 0 Å². The second-order valence-electron chi connectivity index (χ2n) is 3.89. The van der Waals surface area contributed by atoms with E-state index in [9.17, 15) is 9.59 Å². The summed E-state index contributed by atoms with van der Waals surface area (Å²) >= 11 is 0. The number of nitrogens with zero attached hydrogens (tertiary/aromatic N) is 4. The Labute approximate surface area is 124 Å². The Morgan fingerprint density at radius 3 is 2.00 bits per heavy atom. The smallest absolute Gasteiger partial charge is 0.278 e. The molecule has 0 saturated carbocycles. The van der Waals surface area contributed by atoms with Crippen LogP contribution in [0.5, 0.6) is 0 Å². The molecule has 4 rings (SSSR count). The minimum absolute atomic E-state index is 0. The Balaban J connectivity index is 0.000000154. The molecule has 0 aliphatic carbocycles. The fourth-order valence-corrected chi connectivity index (χ4v) is 1.64. The lowest BCUT2D eigenvalue weighted by molar-refractivity contribution is 1.15. The summed E-state index contributed by atoms with van der Waals surface area (Å²) in [5.41, 5.74) is 6.32. The van der Waals surface area contributed by atoms with Crippen LogP contribution in [0.25, 0.3) is 22.3 Å². The largest absolute Gasteiger partial charge is 0.369 e. The van der Waals surface area contributed by atoms with Crippen molar-refractivity contribution < 1.29 is 0 Å². The van der Waals surface area contributed by atoms with Gasteiger partial charge in [0.05, 0.1) is 19.0 Å². The molecule has 1 unspecified atom stereocenters. The van der Waals surface area contributed by atoms with E-state index in [-0.39, 0.29) is 27.0 Å². The van der Waals surface area contributed by atoms with E-state index in [1.165, 1.54) is 19.0 Å². The number of rotatable bonds is 0. The average Bonchev–Trinajstić information content (AvgIpc) is 3.08. The predicted molar refractivity (Wildman–Crippen MR) is 84.5 cm³/mol. The number of imidazole rings is 2. The maximum atomic E-state index is 11.0. The SMILES string of the molecule is Nc1nc2nc[nH]c2c(=O)[nH]1.O=c1[nH]cnc2nc[nH]c12.P. The molecule has 1 atom stereocenters. The second kappa shape index (κ2) is 6.14. The number of H-pyrrole nitrogens is 4. The van der Waals surface area contributed by atoms with Gasteiger partial charge in [-0.1, -0.05) is 0 Å². The van der Waals surface area contributed by atoms with E-state index >= 15 is 0 Å². The fourth-order valence-electron chi connectivity index (χ4n) is 1.64. The van der Waals surface area contributed by atoms with Crippen LogP contribution in [0.4, 0.5) is 5.95 Å². The van der Waals surface area contributed by atoms with Crippen LogP contribution in [0.1, 0.15) is 0 Å². The Kier molecular flexibility index (Phi) is 4.28. The fraction of sp³-hybridized carbons (Fsp3) is 0. The highest BCUT2D eigenvalue weighted by Gasteiger charge is 2.01. The summed E-state index contributed by atoms with van der Waals surface area (Å²) < 4.78 is 0. The quantitative estimate of drug-likeness (QED) is 0.256. The molecular formula is C10H12N9O2P. The monoisotopic (exact) mass is 321 g/mol. The summed E-state index contributed by atoms with van der Waals surface area (Å²) in [5.74, 6) is 0.0783. The van der Waals surface area contributed by atoms with Crippen LogP contribution in [0, 0.1) is 0 Å². The van der Waals surface area contributed by atoms with Crippen LogP contribution in [0.2, 0.25) is 0 Å². The first-order chi connectivity index (χ1) is 10.1. The molecule has 0 bridgehead atoms. The molecule has 0 aromatic carbocycles. The minimum atomic E-state index is -0.301. The first kappa shape index (κ1) is 15.3. The molecule has 22 heavy (non-hydrogen) atoms. The molecular weight excluding hydrogens is 309 g/mol. The molecule has 4 heterocycles. The highest BCUT2D eigenvalue weighted by atomic mass is 31.0. The van der Waals surface area contributed by atoms with E-state index in [1.807, 2.05) is 0 Å². The molecule has 0 aliphatic heterocycles. The van der Waals surface area contributed by atoms with Crippen LogP contribution < -0.4 is 16.9 Å². The molecule has 0 fully saturated rings. The summed E-state index contributed by atoms with van der Waals surface area (Å²) in [6, 6.07) is 0. The molecule has 0 amide bonds. The molecule has 114 valence electrons. The maximum absolute atomic E-state index is 11.0. The molecule has 6 N–H and O–H groups in total. The van der Waals surface area contributed by atoms with Crippen molar-refractivity contribution in [3.05, 3.63) is 39.7 Å². The normalized spacial score (nSPS) is 10.0. The molecule has 4 aromatic heterocycles. The molecule has 0 radical (unpaired) electrons. The van der Waals surface area contributed by atoms with Gasteiger partial charge in [-0.25, -0.2) is 15.0 Å². The van der Waals surface area contributed by atoms with Gasteiger partial charge in [0, 0.05) is 0 Å². The van der Waals surface area contributed by atoms with Crippen LogP contribution in [0.15, 0.2) is 28.6 Å². The molecule has 0 spiro atoms. The van der Waals surface area contributed by atoms with Crippen molar-refractivity contribution in [1.29, 1.82) is 0 Å². The number of nitrogens with two attached hydrogens (primary N) is 1. The van der Waals surface area contributed by atoms with Crippen molar-refractivity contribution in [1.82, 2.24) is 39.9 Å². The topological polar surface area (TPSA) is 175 Å². The van der Waals surface area contributed by atoms with E-state index in [0.717, 1.165) is 0 Å². The predicted octanol–water partition coefficient (Wildman–Crippen LogP) is -1.07. The number of anilines is 1. The Bertz CT molecular complexity index is 1010. The van der Waals surface area contributed by atoms with Crippen LogP contribution in [-0.4, -0.2) is 39.9 Å². The summed E-state index contributed by atoms with van der Waals surface area (Å²) in [7, 11) is 0. The third-order valence-corrected chi connectivity index (χ3v) is 2.54. The number of nitrogen functional groups attached to an aromatic ring is 1. The number of fused-ring (bicyclic) bond motifs is 2. The van der Waals surface area contributed by atoms with Gasteiger partial charge < -0.3 is 20.7 Å². The zero-order chi connectivity index (χ0) is 14.8. The molecule has 11 nitrogen and oxygen atoms in total. The Morgan fingerprint density at radius 1 is 0.818 bits per heavy atom. The van der Waals surface area contributed by atoms with Crippen molar-refractivity contribution in [3.8, 4) is 0 Å². The van der Waals surface area contributed by atoms with Gasteiger partial charge >= 0.3 is 0 Å². The van der Waals surface area contributed by atoms with Gasteiger partial charge in [0.15, 0.2) is 22.3 Å². The summed E-state index contributed by atoms with van der Waals surface area (Å²) in [5, 5.41) is 0. The zero-order valence-electron chi connectivity index (χ0n) is 11.1. The van der Waals surface area contributed by atoms with E-state index in [0.29, 0.717) is 22.3 Å². The molecule has 0 saturated heterocycles. The Hall–Kier alpha value is -3.07. The number of hydrogen-bond acceptors (Lipinski definition) is 7. The highest BCUT2D eigenvalue weighted by Crippen LogP contribution is 1.98. The number of nitrogens with one attached hydrogen (secondary N) is 4. The standard InChI is InChI=1S/C5H5N5O.C5H4N4O.H3P/c6-5-9-3-2(4(11)10-5)7-1-8-3;10-5-3-4(7-1-6-3)8-2-9-5;/h1H,(H4,6,7,8,9,10,11);1-2H,(H2,6,7,8,9,10);1H3. The van der Waals surface area contributed by atoms with E-state index < -0.39 is 0 Å². The average molecular weight is 321 g/mol. The second-order valence-corrected chi connectivity index (χ2v) is 3.89. The van der Waals surface area contributed by atoms with E-state index in [2.05, 4.69) is 39.9 Å². The first-order valence-electron chi connectivity index (χ1n) is 5.71. The maximum Gasteiger partial charge on any atom is 0.278 e. The number of aromatic amines is 4. The third-order valence-electron chi connectivity index (χ3n) is 2.54. The van der Waals surface area contributed by atoms with Gasteiger partial charge in [0.1, 0.15) is 0 Å². The van der Waals surface area contributed by atoms with Crippen molar-refractivity contribution >= 4 is 38.2 Å². The van der Waals surface area contributed by atoms with Gasteiger partial charge in [-0.2, -0.15) is 14.9 Å². The number of aromatic nitrogens is 8. The summed E-state index contributed by atoms with van der Waals surface area (Å²) in [6.07, 6.45) is 4.16. The van der Waals surface area contributed by atoms with Crippen molar-refractivity contribution in [3.63, 3.8) is 0 Å². The lowest BCUT2D eigenvalue weighted by Gasteiger charge is -1.89. The van der Waals surface area contributed by atoms with Crippen LogP contribution in [-0.2, 0) is 0 Å². The van der Waals surface area contributed by atoms with Gasteiger partial charge in [0.25, 0.3) is 11.1 Å². The minimum Gasteiger partial charge on any atom is -0.369 e. The van der Waals surface area contributed by atoms with Crippen LogP contribution >= 0.6 is 9.90 Å². The molecule has 12 heteroatoms. The van der Waals surface area contributed by atoms with Crippen molar-refractivity contribution in [2.45, 2.75) is 0 Å². The van der Waals surface area contributed by atoms with Gasteiger partial charge in [0.2, 0.25) is 5.95 Å². The van der Waals surface area contributed by atoms with Gasteiger partial charge in [-0.15, -0.1) is 0 Å². The lowest BCUT2D eigenvalue weighted by Crippen LogP contribution is -2.10. The highest BCUT2D eigenvalue weighted by molar-refractivity contribution is 6.92. The number of hydrogen-bond donors (Lipinski definition) is 5. The summed E-state index contributed by atoms with van der Waals surface area (Å²) in [6.45, 7) is 0. The van der Waals surface area contributed by atoms with Gasteiger partial charge in [-0.05, 0) is 0 Å². The van der Waals surface area contributed by atoms with E-state index in [4.69, 9.17) is 5.73 Å². The van der Waals surface area contributed by atoms with Crippen molar-refractivity contribution in [2.75, 3.05) is 5.73 Å². The van der Waals surface area contributed by atoms with Gasteiger partial charge in [-0.3, -0.25) is 14.6 Å². The first-order valence-corrected chi connectivity index (χ1v) is 5.71. The van der Waals surface area contributed by atoms with Crippen molar-refractivity contribution in [2.24, 2.45) is 0 Å². The summed E-state index contributed by atoms with van der Waals surface area (Å²) in [4.78, 5) is 47.1. The lowest BCUT2D eigenvalue weighted by atomic mass is 10.5. The molecule has 4 aromatic rings. The zero-order valence-corrected chi connectivity index (χ0v) is 12.5. The molecule has 0 aliphatic rings.